The lowest BCUT2D eigenvalue weighted by atomic mass is 9.50. The smallest absolute Gasteiger partial charge is 0.0267 e. The van der Waals surface area contributed by atoms with Crippen LogP contribution in [0.3, 0.4) is 0 Å². The first kappa shape index (κ1) is 15.4. The third-order valence-corrected chi connectivity index (χ3v) is 7.03. The predicted octanol–water partition coefficient (Wildman–Crippen LogP) is 6.45. The molecule has 0 nitrogen and oxygen atoms in total. The third-order valence-electron chi connectivity index (χ3n) is 7.03. The topological polar surface area (TPSA) is 0 Å². The second kappa shape index (κ2) is 5.78. The van der Waals surface area contributed by atoms with E-state index in [1.165, 1.54) is 57.8 Å². The first-order chi connectivity index (χ1) is 8.92. The first-order valence-electron chi connectivity index (χ1n) is 8.92. The van der Waals surface area contributed by atoms with Crippen molar-refractivity contribution in [2.75, 3.05) is 0 Å². The van der Waals surface area contributed by atoms with E-state index in [4.69, 9.17) is 0 Å². The zero-order chi connectivity index (χ0) is 14.1. The highest BCUT2D eigenvalue weighted by Crippen LogP contribution is 2.58. The van der Waals surface area contributed by atoms with Crippen LogP contribution in [-0.4, -0.2) is 0 Å². The fraction of sp³-hybridized carbons (Fsp3) is 1.00. The summed E-state index contributed by atoms with van der Waals surface area (Å²) in [5, 5.41) is 0. The molecule has 5 unspecified atom stereocenters. The van der Waals surface area contributed by atoms with E-state index in [9.17, 15) is 0 Å². The van der Waals surface area contributed by atoms with Gasteiger partial charge in [0.15, 0.2) is 0 Å². The highest BCUT2D eigenvalue weighted by atomic mass is 14.5. The molecular weight excluding hydrogens is 228 g/mol. The molecule has 0 bridgehead atoms. The van der Waals surface area contributed by atoms with Crippen LogP contribution in [-0.2, 0) is 0 Å². The van der Waals surface area contributed by atoms with Crippen molar-refractivity contribution < 1.29 is 0 Å². The summed E-state index contributed by atoms with van der Waals surface area (Å²) in [6.07, 6.45) is 13.2. The van der Waals surface area contributed by atoms with Gasteiger partial charge in [-0.1, -0.05) is 73.1 Å². The molecule has 0 saturated heterocycles. The first-order valence-corrected chi connectivity index (χ1v) is 8.92. The van der Waals surface area contributed by atoms with Gasteiger partial charge >= 0.3 is 0 Å². The second-order valence-electron chi connectivity index (χ2n) is 8.47. The molecule has 2 saturated carbocycles. The Hall–Kier alpha value is 0. The minimum absolute atomic E-state index is 0.610. The van der Waals surface area contributed by atoms with E-state index in [1.54, 1.807) is 0 Å². The molecule has 5 atom stereocenters. The van der Waals surface area contributed by atoms with Crippen molar-refractivity contribution in [2.24, 2.45) is 28.6 Å². The Morgan fingerprint density at radius 3 is 2.32 bits per heavy atom. The van der Waals surface area contributed by atoms with E-state index in [-0.39, 0.29) is 0 Å². The summed E-state index contributed by atoms with van der Waals surface area (Å²) in [5.41, 5.74) is 1.23. The van der Waals surface area contributed by atoms with Crippen LogP contribution in [0.1, 0.15) is 92.4 Å². The molecule has 0 heterocycles. The summed E-state index contributed by atoms with van der Waals surface area (Å²) in [7, 11) is 0. The van der Waals surface area contributed by atoms with Gasteiger partial charge in [0.25, 0.3) is 0 Å². The lowest BCUT2D eigenvalue weighted by molar-refractivity contribution is -0.0513. The minimum atomic E-state index is 0.610. The number of rotatable bonds is 3. The Bertz CT molecular complexity index is 294. The van der Waals surface area contributed by atoms with E-state index in [1.807, 2.05) is 0 Å². The average Bonchev–Trinajstić information content (AvgIpc) is 2.33. The van der Waals surface area contributed by atoms with Crippen molar-refractivity contribution in [1.29, 1.82) is 0 Å². The molecule has 2 fully saturated rings. The summed E-state index contributed by atoms with van der Waals surface area (Å²) < 4.78 is 0. The Morgan fingerprint density at radius 1 is 1.00 bits per heavy atom. The highest BCUT2D eigenvalue weighted by molar-refractivity contribution is 4.98. The lowest BCUT2D eigenvalue weighted by Crippen LogP contribution is -2.46. The quantitative estimate of drug-likeness (QED) is 0.550. The Morgan fingerprint density at radius 2 is 1.74 bits per heavy atom. The van der Waals surface area contributed by atoms with Gasteiger partial charge in [0, 0.05) is 0 Å². The monoisotopic (exact) mass is 264 g/mol. The predicted molar refractivity (Wildman–Crippen MR) is 85.3 cm³/mol. The molecule has 0 heteroatoms. The van der Waals surface area contributed by atoms with Crippen molar-refractivity contribution in [2.45, 2.75) is 92.4 Å². The Labute approximate surface area is 121 Å². The molecule has 0 amide bonds. The van der Waals surface area contributed by atoms with Gasteiger partial charge in [-0.25, -0.2) is 0 Å². The summed E-state index contributed by atoms with van der Waals surface area (Å²) in [4.78, 5) is 0. The molecule has 0 spiro atoms. The van der Waals surface area contributed by atoms with Gasteiger partial charge in [0.1, 0.15) is 0 Å². The summed E-state index contributed by atoms with van der Waals surface area (Å²) in [6, 6.07) is 0. The van der Waals surface area contributed by atoms with Crippen molar-refractivity contribution in [1.82, 2.24) is 0 Å². The van der Waals surface area contributed by atoms with Gasteiger partial charge in [-0.05, 0) is 47.8 Å². The molecule has 2 aliphatic carbocycles. The molecule has 0 aliphatic heterocycles. The van der Waals surface area contributed by atoms with Crippen molar-refractivity contribution in [3.8, 4) is 0 Å². The maximum absolute atomic E-state index is 2.63. The van der Waals surface area contributed by atoms with Crippen LogP contribution in [0.5, 0.6) is 0 Å². The normalized spacial score (nSPS) is 45.9. The molecule has 0 aromatic rings. The molecule has 0 aromatic heterocycles. The van der Waals surface area contributed by atoms with Gasteiger partial charge in [-0.2, -0.15) is 0 Å². The summed E-state index contributed by atoms with van der Waals surface area (Å²) in [5.74, 6) is 2.83. The maximum Gasteiger partial charge on any atom is -0.0267 e. The van der Waals surface area contributed by atoms with Crippen LogP contribution < -0.4 is 0 Å². The van der Waals surface area contributed by atoms with E-state index < -0.39 is 0 Å². The van der Waals surface area contributed by atoms with E-state index in [0.29, 0.717) is 10.8 Å². The third kappa shape index (κ3) is 2.88. The van der Waals surface area contributed by atoms with E-state index in [2.05, 4.69) is 34.6 Å². The molecule has 2 aliphatic rings. The molecule has 0 N–H and O–H groups in total. The lowest BCUT2D eigenvalue weighted by Gasteiger charge is -2.55. The van der Waals surface area contributed by atoms with Gasteiger partial charge in [0.2, 0.25) is 0 Å². The second-order valence-corrected chi connectivity index (χ2v) is 8.47. The maximum atomic E-state index is 2.63. The number of hydrogen-bond acceptors (Lipinski definition) is 0. The number of hydrogen-bond donors (Lipinski definition) is 0. The molecular formula is C19H36. The Kier molecular flexibility index (Phi) is 4.68. The van der Waals surface area contributed by atoms with E-state index in [0.717, 1.165) is 17.8 Å². The van der Waals surface area contributed by atoms with Crippen LogP contribution in [0, 0.1) is 28.6 Å². The van der Waals surface area contributed by atoms with Gasteiger partial charge in [-0.15, -0.1) is 0 Å². The highest BCUT2D eigenvalue weighted by Gasteiger charge is 2.48. The van der Waals surface area contributed by atoms with Gasteiger partial charge in [0.05, 0.1) is 0 Å². The molecule has 0 radical (unpaired) electrons. The van der Waals surface area contributed by atoms with Crippen molar-refractivity contribution >= 4 is 0 Å². The molecule has 2 rings (SSSR count). The Balaban J connectivity index is 2.22. The standard InChI is InChI=1S/C19H36/c1-6-17(18(4)12-9-10-15(2)14-18)19(5)13-8-7-11-16(19)3/h15-17H,6-14H2,1-5H3. The van der Waals surface area contributed by atoms with Crippen molar-refractivity contribution in [3.05, 3.63) is 0 Å². The van der Waals surface area contributed by atoms with Crippen LogP contribution in [0.4, 0.5) is 0 Å². The average molecular weight is 264 g/mol. The summed E-state index contributed by atoms with van der Waals surface area (Å²) >= 11 is 0. The largest absolute Gasteiger partial charge is 0.0651 e. The summed E-state index contributed by atoms with van der Waals surface area (Å²) in [6.45, 7) is 12.7. The molecule has 19 heavy (non-hydrogen) atoms. The molecule has 112 valence electrons. The van der Waals surface area contributed by atoms with Crippen molar-refractivity contribution in [3.63, 3.8) is 0 Å². The van der Waals surface area contributed by atoms with Crippen LogP contribution >= 0.6 is 0 Å². The SMILES string of the molecule is CCC(C1(C)CCCC(C)C1)C1(C)CCCCC1C. The minimum Gasteiger partial charge on any atom is -0.0651 e. The van der Waals surface area contributed by atoms with Gasteiger partial charge < -0.3 is 0 Å². The zero-order valence-electron chi connectivity index (χ0n) is 14.1. The van der Waals surface area contributed by atoms with Crippen LogP contribution in [0.25, 0.3) is 0 Å². The van der Waals surface area contributed by atoms with Gasteiger partial charge in [-0.3, -0.25) is 0 Å². The zero-order valence-corrected chi connectivity index (χ0v) is 14.1. The fourth-order valence-electron chi connectivity index (χ4n) is 5.98. The molecule has 0 aromatic carbocycles. The van der Waals surface area contributed by atoms with Crippen LogP contribution in [0.2, 0.25) is 0 Å². The van der Waals surface area contributed by atoms with E-state index >= 15 is 0 Å². The fourth-order valence-corrected chi connectivity index (χ4v) is 5.98. The van der Waals surface area contributed by atoms with Crippen LogP contribution in [0.15, 0.2) is 0 Å².